The molecule has 3 rings (SSSR count). The topological polar surface area (TPSA) is 34.5 Å². The van der Waals surface area contributed by atoms with E-state index in [9.17, 15) is 4.79 Å². The van der Waals surface area contributed by atoms with Gasteiger partial charge in [0.25, 0.3) is 5.91 Å². The quantitative estimate of drug-likeness (QED) is 0.388. The second-order valence-electron chi connectivity index (χ2n) is 7.22. The van der Waals surface area contributed by atoms with Crippen LogP contribution in [0.1, 0.15) is 41.4 Å². The van der Waals surface area contributed by atoms with Crippen LogP contribution < -0.4 is 4.74 Å². The molecule has 0 unspecified atom stereocenters. The zero-order valence-corrected chi connectivity index (χ0v) is 18.8. The van der Waals surface area contributed by atoms with Gasteiger partial charge in [-0.3, -0.25) is 4.79 Å². The van der Waals surface area contributed by atoms with E-state index in [1.165, 1.54) is 0 Å². The smallest absolute Gasteiger partial charge is 0.254 e. The Morgan fingerprint density at radius 1 is 1.07 bits per heavy atom. The van der Waals surface area contributed by atoms with Gasteiger partial charge in [-0.1, -0.05) is 48.7 Å². The van der Waals surface area contributed by atoms with Crippen LogP contribution >= 0.6 is 23.2 Å². The number of aromatic nitrogens is 1. The fourth-order valence-corrected chi connectivity index (χ4v) is 3.90. The van der Waals surface area contributed by atoms with Gasteiger partial charge in [-0.05, 0) is 54.4 Å². The van der Waals surface area contributed by atoms with Gasteiger partial charge in [0.1, 0.15) is 5.75 Å². The fraction of sp³-hybridized carbons (Fsp3) is 0.292. The van der Waals surface area contributed by atoms with Crippen LogP contribution in [0.2, 0.25) is 10.0 Å². The van der Waals surface area contributed by atoms with Crippen LogP contribution in [0.4, 0.5) is 0 Å². The van der Waals surface area contributed by atoms with Crippen molar-refractivity contribution in [1.82, 2.24) is 9.47 Å². The van der Waals surface area contributed by atoms with Crippen molar-refractivity contribution in [3.8, 4) is 5.75 Å². The van der Waals surface area contributed by atoms with Gasteiger partial charge in [-0.25, -0.2) is 0 Å². The Bertz CT molecular complexity index is 980. The zero-order chi connectivity index (χ0) is 21.5. The molecule has 0 atom stereocenters. The van der Waals surface area contributed by atoms with Gasteiger partial charge in [0.15, 0.2) is 0 Å². The molecule has 4 nitrogen and oxygen atoms in total. The largest absolute Gasteiger partial charge is 0.497 e. The SMILES string of the molecule is CCCCN(Cc1cccn1Cc1cccc(OC)c1)C(=O)c1cc(Cl)cc(Cl)c1. The molecule has 2 aromatic carbocycles. The number of methoxy groups -OCH3 is 1. The molecule has 1 heterocycles. The summed E-state index contributed by atoms with van der Waals surface area (Å²) in [6.45, 7) is 4.01. The number of rotatable bonds is 9. The predicted molar refractivity (Wildman–Crippen MR) is 123 cm³/mol. The molecule has 158 valence electrons. The zero-order valence-electron chi connectivity index (χ0n) is 17.3. The molecule has 30 heavy (non-hydrogen) atoms. The molecule has 0 saturated carbocycles. The van der Waals surface area contributed by atoms with Gasteiger partial charge in [0, 0.05) is 40.6 Å². The van der Waals surface area contributed by atoms with Gasteiger partial charge in [0.2, 0.25) is 0 Å². The summed E-state index contributed by atoms with van der Waals surface area (Å²) in [6.07, 6.45) is 3.97. The van der Waals surface area contributed by atoms with E-state index in [1.54, 1.807) is 25.3 Å². The highest BCUT2D eigenvalue weighted by Gasteiger charge is 2.18. The molecule has 6 heteroatoms. The summed E-state index contributed by atoms with van der Waals surface area (Å²) in [4.78, 5) is 15.1. The molecule has 0 radical (unpaired) electrons. The first-order valence-electron chi connectivity index (χ1n) is 10.0. The van der Waals surface area contributed by atoms with Crippen molar-refractivity contribution in [3.05, 3.63) is 87.7 Å². The summed E-state index contributed by atoms with van der Waals surface area (Å²) in [5, 5.41) is 0.922. The van der Waals surface area contributed by atoms with Gasteiger partial charge in [-0.2, -0.15) is 0 Å². The summed E-state index contributed by atoms with van der Waals surface area (Å²) < 4.78 is 7.49. The highest BCUT2D eigenvalue weighted by Crippen LogP contribution is 2.22. The molecule has 0 saturated heterocycles. The average Bonchev–Trinajstić information content (AvgIpc) is 3.16. The molecule has 0 N–H and O–H groups in total. The van der Waals surface area contributed by atoms with Crippen LogP contribution in [0.25, 0.3) is 0 Å². The maximum atomic E-state index is 13.2. The number of hydrogen-bond acceptors (Lipinski definition) is 2. The van der Waals surface area contributed by atoms with E-state index in [0.717, 1.165) is 29.8 Å². The summed E-state index contributed by atoms with van der Waals surface area (Å²) in [5.74, 6) is 0.765. The Balaban J connectivity index is 1.81. The number of carbonyl (C=O) groups excluding carboxylic acids is 1. The maximum Gasteiger partial charge on any atom is 0.254 e. The third kappa shape index (κ3) is 5.80. The normalized spacial score (nSPS) is 10.8. The van der Waals surface area contributed by atoms with Crippen LogP contribution in [-0.4, -0.2) is 29.0 Å². The fourth-order valence-electron chi connectivity index (χ4n) is 3.37. The first-order chi connectivity index (χ1) is 14.5. The number of amides is 1. The molecular formula is C24H26Cl2N2O2. The van der Waals surface area contributed by atoms with Crippen LogP contribution in [0.3, 0.4) is 0 Å². The number of halogens is 2. The first-order valence-corrected chi connectivity index (χ1v) is 10.8. The minimum absolute atomic E-state index is 0.0676. The van der Waals surface area contributed by atoms with Crippen LogP contribution in [0.15, 0.2) is 60.8 Å². The highest BCUT2D eigenvalue weighted by atomic mass is 35.5. The second kappa shape index (κ2) is 10.6. The van der Waals surface area contributed by atoms with Crippen molar-refractivity contribution in [2.24, 2.45) is 0 Å². The average molecular weight is 445 g/mol. The van der Waals surface area contributed by atoms with E-state index in [4.69, 9.17) is 27.9 Å². The molecule has 0 aliphatic carbocycles. The minimum Gasteiger partial charge on any atom is -0.497 e. The van der Waals surface area contributed by atoms with Crippen molar-refractivity contribution in [3.63, 3.8) is 0 Å². The highest BCUT2D eigenvalue weighted by molar-refractivity contribution is 6.35. The van der Waals surface area contributed by atoms with E-state index in [1.807, 2.05) is 35.4 Å². The lowest BCUT2D eigenvalue weighted by atomic mass is 10.1. The molecule has 0 spiro atoms. The minimum atomic E-state index is -0.0676. The molecule has 0 aliphatic rings. The molecular weight excluding hydrogens is 419 g/mol. The Labute approximate surface area is 188 Å². The van der Waals surface area contributed by atoms with Gasteiger partial charge >= 0.3 is 0 Å². The van der Waals surface area contributed by atoms with E-state index in [2.05, 4.69) is 23.6 Å². The molecule has 1 amide bonds. The predicted octanol–water partition coefficient (Wildman–Crippen LogP) is 6.29. The molecule has 1 aromatic heterocycles. The lowest BCUT2D eigenvalue weighted by Crippen LogP contribution is -2.32. The van der Waals surface area contributed by atoms with Crippen molar-refractivity contribution in [1.29, 1.82) is 0 Å². The van der Waals surface area contributed by atoms with Crippen molar-refractivity contribution in [2.45, 2.75) is 32.9 Å². The molecule has 0 bridgehead atoms. The van der Waals surface area contributed by atoms with Crippen LogP contribution in [-0.2, 0) is 13.1 Å². The van der Waals surface area contributed by atoms with Crippen molar-refractivity contribution < 1.29 is 9.53 Å². The van der Waals surface area contributed by atoms with E-state index < -0.39 is 0 Å². The lowest BCUT2D eigenvalue weighted by Gasteiger charge is -2.24. The second-order valence-corrected chi connectivity index (χ2v) is 8.09. The van der Waals surface area contributed by atoms with E-state index in [-0.39, 0.29) is 5.91 Å². The summed E-state index contributed by atoms with van der Waals surface area (Å²) in [5.41, 5.74) is 2.71. The van der Waals surface area contributed by atoms with Crippen molar-refractivity contribution in [2.75, 3.05) is 13.7 Å². The number of ether oxygens (including phenoxy) is 1. The lowest BCUT2D eigenvalue weighted by molar-refractivity contribution is 0.0737. The van der Waals surface area contributed by atoms with E-state index >= 15 is 0 Å². The summed E-state index contributed by atoms with van der Waals surface area (Å²) in [7, 11) is 1.67. The number of carbonyl (C=O) groups is 1. The van der Waals surface area contributed by atoms with Crippen LogP contribution in [0.5, 0.6) is 5.75 Å². The standard InChI is InChI=1S/C24H26Cl2N2O2/c1-3-4-10-28(24(29)19-13-20(25)15-21(26)14-19)17-22-8-6-11-27(22)16-18-7-5-9-23(12-18)30-2/h5-9,11-15H,3-4,10,16-17H2,1-2H3. The van der Waals surface area contributed by atoms with Crippen molar-refractivity contribution >= 4 is 29.1 Å². The maximum absolute atomic E-state index is 13.2. The van der Waals surface area contributed by atoms with Gasteiger partial charge in [-0.15, -0.1) is 0 Å². The molecule has 0 fully saturated rings. The third-order valence-corrected chi connectivity index (χ3v) is 5.38. The Kier molecular flexibility index (Phi) is 7.83. The Morgan fingerprint density at radius 2 is 1.83 bits per heavy atom. The molecule has 3 aromatic rings. The third-order valence-electron chi connectivity index (χ3n) is 4.94. The van der Waals surface area contributed by atoms with Crippen LogP contribution in [0, 0.1) is 0 Å². The number of unbranched alkanes of at least 4 members (excludes halogenated alkanes) is 1. The number of benzene rings is 2. The molecule has 0 aliphatic heterocycles. The monoisotopic (exact) mass is 444 g/mol. The van der Waals surface area contributed by atoms with Gasteiger partial charge < -0.3 is 14.2 Å². The Morgan fingerprint density at radius 3 is 2.53 bits per heavy atom. The Hall–Kier alpha value is -2.43. The number of hydrogen-bond donors (Lipinski definition) is 0. The first kappa shape index (κ1) is 22.3. The summed E-state index contributed by atoms with van der Waals surface area (Å²) in [6, 6.07) is 17.0. The summed E-state index contributed by atoms with van der Waals surface area (Å²) >= 11 is 12.2. The number of nitrogens with zero attached hydrogens (tertiary/aromatic N) is 2. The van der Waals surface area contributed by atoms with Gasteiger partial charge in [0.05, 0.1) is 13.7 Å². The van der Waals surface area contributed by atoms with E-state index in [0.29, 0.717) is 35.2 Å².